The zero-order valence-electron chi connectivity index (χ0n) is 14.5. The second-order valence-electron chi connectivity index (χ2n) is 6.55. The number of benzene rings is 1. The van der Waals surface area contributed by atoms with Crippen molar-refractivity contribution in [2.45, 2.75) is 44.6 Å². The number of carbonyl (C=O) groups is 1. The molecular formula is C19H23N3O3. The van der Waals surface area contributed by atoms with E-state index < -0.39 is 0 Å². The number of nitrogens with zero attached hydrogens (tertiary/aromatic N) is 1. The maximum absolute atomic E-state index is 12.3. The summed E-state index contributed by atoms with van der Waals surface area (Å²) in [5.41, 5.74) is 0.882. The highest BCUT2D eigenvalue weighted by molar-refractivity contribution is 5.93. The number of methoxy groups -OCH3 is 1. The minimum atomic E-state index is -0.377. The number of aryl methyl sites for hydroxylation is 1. The van der Waals surface area contributed by atoms with E-state index in [1.54, 1.807) is 7.11 Å². The van der Waals surface area contributed by atoms with Gasteiger partial charge in [-0.1, -0.05) is 12.1 Å². The normalized spacial score (nSPS) is 14.8. The Balaban J connectivity index is 1.53. The summed E-state index contributed by atoms with van der Waals surface area (Å²) in [7, 11) is 1.64. The highest BCUT2D eigenvalue weighted by Gasteiger charge is 2.26. The summed E-state index contributed by atoms with van der Waals surface area (Å²) in [6, 6.07) is 7.82. The minimum absolute atomic E-state index is 0.0443. The van der Waals surface area contributed by atoms with Gasteiger partial charge in [-0.25, -0.2) is 4.98 Å². The van der Waals surface area contributed by atoms with Crippen LogP contribution in [0.25, 0.3) is 0 Å². The Hall–Kier alpha value is -2.63. The van der Waals surface area contributed by atoms with E-state index in [4.69, 9.17) is 4.74 Å². The maximum atomic E-state index is 12.3. The molecule has 1 aliphatic carbocycles. The van der Waals surface area contributed by atoms with E-state index in [0.29, 0.717) is 11.7 Å². The molecule has 25 heavy (non-hydrogen) atoms. The fourth-order valence-electron chi connectivity index (χ4n) is 2.68. The van der Waals surface area contributed by atoms with E-state index >= 15 is 0 Å². The summed E-state index contributed by atoms with van der Waals surface area (Å²) in [5, 5.41) is 2.87. The lowest BCUT2D eigenvalue weighted by molar-refractivity contribution is 0.0936. The van der Waals surface area contributed by atoms with Crippen LogP contribution in [0.5, 0.6) is 5.75 Å². The van der Waals surface area contributed by atoms with Gasteiger partial charge in [0.25, 0.3) is 11.5 Å². The number of aromatic nitrogens is 2. The number of amides is 1. The van der Waals surface area contributed by atoms with Crippen molar-refractivity contribution in [1.82, 2.24) is 15.3 Å². The third-order valence-corrected chi connectivity index (χ3v) is 4.43. The molecule has 1 aromatic heterocycles. The van der Waals surface area contributed by atoms with Crippen LogP contribution in [0.4, 0.5) is 0 Å². The minimum Gasteiger partial charge on any atom is -0.497 e. The number of rotatable bonds is 7. The molecule has 1 saturated carbocycles. The Morgan fingerprint density at radius 1 is 1.36 bits per heavy atom. The summed E-state index contributed by atoms with van der Waals surface area (Å²) in [5.74, 6) is 1.49. The van der Waals surface area contributed by atoms with Crippen molar-refractivity contribution >= 4 is 5.91 Å². The van der Waals surface area contributed by atoms with Crippen LogP contribution in [0.15, 0.2) is 35.3 Å². The zero-order chi connectivity index (χ0) is 17.8. The molecule has 1 fully saturated rings. The van der Waals surface area contributed by atoms with Crippen molar-refractivity contribution in [3.8, 4) is 5.75 Å². The van der Waals surface area contributed by atoms with Crippen LogP contribution in [0, 0.1) is 0 Å². The van der Waals surface area contributed by atoms with Crippen molar-refractivity contribution < 1.29 is 9.53 Å². The number of carbonyl (C=O) groups excluding carboxylic acids is 1. The topological polar surface area (TPSA) is 84.1 Å². The Labute approximate surface area is 146 Å². The van der Waals surface area contributed by atoms with Crippen LogP contribution in [0.3, 0.4) is 0 Å². The summed E-state index contributed by atoms with van der Waals surface area (Å²) in [6.07, 6.45) is 5.11. The lowest BCUT2D eigenvalue weighted by atomic mass is 10.1. The van der Waals surface area contributed by atoms with E-state index in [-0.39, 0.29) is 23.1 Å². The molecule has 1 aromatic carbocycles. The van der Waals surface area contributed by atoms with Crippen LogP contribution in [-0.2, 0) is 6.42 Å². The molecule has 0 spiro atoms. The van der Waals surface area contributed by atoms with E-state index in [2.05, 4.69) is 15.3 Å². The third-order valence-electron chi connectivity index (χ3n) is 4.43. The number of H-pyrrole nitrogens is 1. The molecular weight excluding hydrogens is 318 g/mol. The zero-order valence-corrected chi connectivity index (χ0v) is 14.5. The van der Waals surface area contributed by atoms with Crippen molar-refractivity contribution in [1.29, 1.82) is 0 Å². The fourth-order valence-corrected chi connectivity index (χ4v) is 2.68. The summed E-state index contributed by atoms with van der Waals surface area (Å²) >= 11 is 0. The van der Waals surface area contributed by atoms with Crippen molar-refractivity contribution in [2.24, 2.45) is 0 Å². The molecule has 0 unspecified atom stereocenters. The standard InChI is InChI=1S/C19H23N3O3/c1-12(3-4-13-5-9-15(25-2)10-6-13)21-18(23)16-11-20-17(14-7-8-14)22-19(16)24/h5-6,9-12,14H,3-4,7-8H2,1-2H3,(H,21,23)(H,20,22,24)/t12-/m0/s1. The second-order valence-corrected chi connectivity index (χ2v) is 6.55. The van der Waals surface area contributed by atoms with Crippen LogP contribution < -0.4 is 15.6 Å². The first-order valence-corrected chi connectivity index (χ1v) is 8.60. The molecule has 1 amide bonds. The van der Waals surface area contributed by atoms with Gasteiger partial charge in [0.1, 0.15) is 17.1 Å². The van der Waals surface area contributed by atoms with Gasteiger partial charge in [0.05, 0.1) is 7.11 Å². The van der Waals surface area contributed by atoms with E-state index in [1.807, 2.05) is 31.2 Å². The molecule has 132 valence electrons. The fraction of sp³-hybridized carbons (Fsp3) is 0.421. The Morgan fingerprint density at radius 3 is 2.68 bits per heavy atom. The molecule has 6 heteroatoms. The smallest absolute Gasteiger partial charge is 0.263 e. The van der Waals surface area contributed by atoms with E-state index in [1.165, 1.54) is 11.8 Å². The van der Waals surface area contributed by atoms with Crippen molar-refractivity contribution in [3.63, 3.8) is 0 Å². The van der Waals surface area contributed by atoms with Crippen molar-refractivity contribution in [3.05, 3.63) is 57.8 Å². The molecule has 2 N–H and O–H groups in total. The summed E-state index contributed by atoms with van der Waals surface area (Å²) in [6.45, 7) is 1.93. The lowest BCUT2D eigenvalue weighted by Gasteiger charge is -2.14. The molecule has 1 aliphatic rings. The average Bonchev–Trinajstić information content (AvgIpc) is 3.45. The number of hydrogen-bond donors (Lipinski definition) is 2. The molecule has 0 radical (unpaired) electrons. The molecule has 1 heterocycles. The van der Waals surface area contributed by atoms with Crippen molar-refractivity contribution in [2.75, 3.05) is 7.11 Å². The molecule has 0 aliphatic heterocycles. The average molecular weight is 341 g/mol. The predicted octanol–water partition coefficient (Wildman–Crippen LogP) is 2.41. The predicted molar refractivity (Wildman–Crippen MR) is 95.1 cm³/mol. The quantitative estimate of drug-likeness (QED) is 0.810. The van der Waals surface area contributed by atoms with Gasteiger partial charge in [-0.15, -0.1) is 0 Å². The number of nitrogens with one attached hydrogen (secondary N) is 2. The van der Waals surface area contributed by atoms with Gasteiger partial charge < -0.3 is 15.0 Å². The Bertz CT molecular complexity index is 794. The molecule has 6 nitrogen and oxygen atoms in total. The molecule has 0 saturated heterocycles. The molecule has 0 bridgehead atoms. The highest BCUT2D eigenvalue weighted by atomic mass is 16.5. The van der Waals surface area contributed by atoms with Gasteiger partial charge in [0.15, 0.2) is 0 Å². The monoisotopic (exact) mass is 341 g/mol. The summed E-state index contributed by atoms with van der Waals surface area (Å²) < 4.78 is 5.14. The molecule has 1 atom stereocenters. The highest BCUT2D eigenvalue weighted by Crippen LogP contribution is 2.37. The first-order chi connectivity index (χ1) is 12.1. The Morgan fingerprint density at radius 2 is 2.08 bits per heavy atom. The van der Waals surface area contributed by atoms with Crippen LogP contribution in [0.2, 0.25) is 0 Å². The lowest BCUT2D eigenvalue weighted by Crippen LogP contribution is -2.36. The van der Waals surface area contributed by atoms with Crippen LogP contribution in [-0.4, -0.2) is 29.0 Å². The first-order valence-electron chi connectivity index (χ1n) is 8.60. The largest absolute Gasteiger partial charge is 0.497 e. The maximum Gasteiger partial charge on any atom is 0.263 e. The number of hydrogen-bond acceptors (Lipinski definition) is 4. The van der Waals surface area contributed by atoms with Gasteiger partial charge in [0, 0.05) is 18.2 Å². The molecule has 2 aromatic rings. The third kappa shape index (κ3) is 4.47. The van der Waals surface area contributed by atoms with E-state index in [0.717, 1.165) is 31.4 Å². The van der Waals surface area contributed by atoms with Gasteiger partial charge >= 0.3 is 0 Å². The van der Waals surface area contributed by atoms with Gasteiger partial charge in [-0.2, -0.15) is 0 Å². The number of ether oxygens (including phenoxy) is 1. The van der Waals surface area contributed by atoms with Gasteiger partial charge in [-0.3, -0.25) is 9.59 Å². The van der Waals surface area contributed by atoms with Gasteiger partial charge in [-0.05, 0) is 50.3 Å². The number of aromatic amines is 1. The summed E-state index contributed by atoms with van der Waals surface area (Å²) in [4.78, 5) is 31.3. The molecule has 3 rings (SSSR count). The van der Waals surface area contributed by atoms with E-state index in [9.17, 15) is 9.59 Å². The van der Waals surface area contributed by atoms with Crippen LogP contribution in [0.1, 0.15) is 53.8 Å². The first kappa shape index (κ1) is 17.2. The van der Waals surface area contributed by atoms with Crippen LogP contribution >= 0.6 is 0 Å². The Kier molecular flexibility index (Phi) is 5.16. The van der Waals surface area contributed by atoms with Gasteiger partial charge in [0.2, 0.25) is 0 Å². The SMILES string of the molecule is COc1ccc(CC[C@H](C)NC(=O)c2cnc(C3CC3)[nH]c2=O)cc1. The second kappa shape index (κ2) is 7.51.